The summed E-state index contributed by atoms with van der Waals surface area (Å²) < 4.78 is 4.32. The van der Waals surface area contributed by atoms with Gasteiger partial charge in [-0.3, -0.25) is 0 Å². The lowest BCUT2D eigenvalue weighted by molar-refractivity contribution is 0.277. The van der Waals surface area contributed by atoms with Crippen LogP contribution < -0.4 is 0 Å². The second-order valence-corrected chi connectivity index (χ2v) is 0.624. The van der Waals surface area contributed by atoms with Crippen LogP contribution >= 0.6 is 0 Å². The Kier molecular flexibility index (Phi) is 3.75. The fourth-order valence-corrected chi connectivity index (χ4v) is 0.0934. The SMILES string of the molecule is CCO[C]=NO. The highest BCUT2D eigenvalue weighted by atomic mass is 16.5. The van der Waals surface area contributed by atoms with Crippen LogP contribution in [0.2, 0.25) is 0 Å². The van der Waals surface area contributed by atoms with E-state index < -0.39 is 0 Å². The van der Waals surface area contributed by atoms with Crippen LogP contribution in [-0.2, 0) is 4.74 Å². The molecular weight excluding hydrogens is 82.0 g/mol. The molecule has 35 valence electrons. The van der Waals surface area contributed by atoms with Crippen LogP contribution in [0.15, 0.2) is 5.16 Å². The van der Waals surface area contributed by atoms with Gasteiger partial charge < -0.3 is 9.94 Å². The van der Waals surface area contributed by atoms with E-state index in [1.54, 1.807) is 6.92 Å². The Hall–Kier alpha value is -0.730. The molecule has 0 amide bonds. The van der Waals surface area contributed by atoms with Gasteiger partial charge in [-0.2, -0.15) is 0 Å². The third kappa shape index (κ3) is 3.27. The van der Waals surface area contributed by atoms with Crippen molar-refractivity contribution < 1.29 is 9.94 Å². The molecule has 1 N–H and O–H groups in total. The van der Waals surface area contributed by atoms with Crippen molar-refractivity contribution in [2.24, 2.45) is 5.16 Å². The Morgan fingerprint density at radius 3 is 2.83 bits per heavy atom. The number of rotatable bonds is 2. The lowest BCUT2D eigenvalue weighted by Crippen LogP contribution is -1.82. The van der Waals surface area contributed by atoms with E-state index in [-0.39, 0.29) is 0 Å². The van der Waals surface area contributed by atoms with Gasteiger partial charge in [0.1, 0.15) is 0 Å². The van der Waals surface area contributed by atoms with Crippen molar-refractivity contribution in [3.63, 3.8) is 0 Å². The normalized spacial score (nSPS) is 9.50. The molecule has 0 aromatic heterocycles. The van der Waals surface area contributed by atoms with Gasteiger partial charge in [0, 0.05) is 0 Å². The first-order chi connectivity index (χ1) is 2.91. The molecule has 0 aromatic carbocycles. The minimum absolute atomic E-state index is 0.490. The average Bonchev–Trinajstić information content (AvgIpc) is 1.61. The standard InChI is InChI=1S/C3H6NO2/c1-2-6-3-4-5/h5H,2H2,1H3. The lowest BCUT2D eigenvalue weighted by Gasteiger charge is -1.82. The molecule has 0 bridgehead atoms. The Bertz CT molecular complexity index is 44.1. The Balaban J connectivity index is 2.66. The Morgan fingerprint density at radius 2 is 2.67 bits per heavy atom. The Labute approximate surface area is 36.2 Å². The average molecular weight is 88.1 g/mol. The fourth-order valence-electron chi connectivity index (χ4n) is 0.0934. The molecule has 1 radical (unpaired) electrons. The summed E-state index contributed by atoms with van der Waals surface area (Å²) in [5, 5.41) is 10.0. The summed E-state index contributed by atoms with van der Waals surface area (Å²) in [7, 11) is 0. The van der Waals surface area contributed by atoms with Crippen LogP contribution in [0, 0.1) is 0 Å². The number of hydrogen-bond donors (Lipinski definition) is 1. The predicted molar refractivity (Wildman–Crippen MR) is 20.8 cm³/mol. The zero-order chi connectivity index (χ0) is 4.83. The molecule has 0 atom stereocenters. The van der Waals surface area contributed by atoms with Crippen molar-refractivity contribution in [1.29, 1.82) is 0 Å². The van der Waals surface area contributed by atoms with Crippen LogP contribution in [0.1, 0.15) is 6.92 Å². The summed E-state index contributed by atoms with van der Waals surface area (Å²) in [5.74, 6) is 0. The van der Waals surface area contributed by atoms with E-state index in [1.807, 2.05) is 6.40 Å². The van der Waals surface area contributed by atoms with Gasteiger partial charge in [-0.15, -0.1) is 0 Å². The molecule has 3 nitrogen and oxygen atoms in total. The summed E-state index contributed by atoms with van der Waals surface area (Å²) in [6.45, 7) is 2.27. The molecule has 0 heterocycles. The monoisotopic (exact) mass is 88.0 g/mol. The van der Waals surface area contributed by atoms with Gasteiger partial charge in [0.05, 0.1) is 6.61 Å². The van der Waals surface area contributed by atoms with E-state index in [9.17, 15) is 0 Å². The van der Waals surface area contributed by atoms with Gasteiger partial charge in [-0.05, 0) is 12.1 Å². The van der Waals surface area contributed by atoms with E-state index in [2.05, 4.69) is 9.89 Å². The van der Waals surface area contributed by atoms with Crippen LogP contribution in [0.5, 0.6) is 0 Å². The molecule has 0 aliphatic rings. The van der Waals surface area contributed by atoms with Crippen molar-refractivity contribution in [1.82, 2.24) is 0 Å². The topological polar surface area (TPSA) is 41.8 Å². The first kappa shape index (κ1) is 5.27. The van der Waals surface area contributed by atoms with E-state index in [0.29, 0.717) is 6.61 Å². The highest BCUT2D eigenvalue weighted by Crippen LogP contribution is 1.60. The van der Waals surface area contributed by atoms with Crippen molar-refractivity contribution >= 4 is 6.40 Å². The zero-order valence-corrected chi connectivity index (χ0v) is 3.51. The molecular formula is C3H6NO2. The van der Waals surface area contributed by atoms with Crippen LogP contribution in [0.4, 0.5) is 0 Å². The van der Waals surface area contributed by atoms with Crippen LogP contribution in [0.3, 0.4) is 0 Å². The maximum atomic E-state index is 7.59. The molecule has 3 heteroatoms. The minimum Gasteiger partial charge on any atom is -0.472 e. The first-order valence-corrected chi connectivity index (χ1v) is 1.62. The summed E-state index contributed by atoms with van der Waals surface area (Å²) in [6.07, 6.45) is 1.88. The third-order valence-corrected chi connectivity index (χ3v) is 0.250. The second kappa shape index (κ2) is 4.27. The molecule has 0 saturated carbocycles. The number of hydrogen-bond acceptors (Lipinski definition) is 3. The van der Waals surface area contributed by atoms with Crippen molar-refractivity contribution in [2.45, 2.75) is 6.92 Å². The van der Waals surface area contributed by atoms with E-state index in [0.717, 1.165) is 0 Å². The second-order valence-electron chi connectivity index (χ2n) is 0.624. The predicted octanol–water partition coefficient (Wildman–Crippen LogP) is 0.317. The van der Waals surface area contributed by atoms with Gasteiger partial charge in [-0.1, -0.05) is 0 Å². The smallest absolute Gasteiger partial charge is 0.316 e. The molecule has 0 fully saturated rings. The molecule has 0 rings (SSSR count). The summed E-state index contributed by atoms with van der Waals surface area (Å²) >= 11 is 0. The molecule has 0 aliphatic carbocycles. The van der Waals surface area contributed by atoms with Gasteiger partial charge in [-0.25, -0.2) is 0 Å². The van der Waals surface area contributed by atoms with Crippen LogP contribution in [0.25, 0.3) is 0 Å². The molecule has 6 heavy (non-hydrogen) atoms. The summed E-state index contributed by atoms with van der Waals surface area (Å²) in [4.78, 5) is 0. The minimum atomic E-state index is 0.490. The largest absolute Gasteiger partial charge is 0.472 e. The van der Waals surface area contributed by atoms with E-state index in [4.69, 9.17) is 5.21 Å². The highest BCUT2D eigenvalue weighted by molar-refractivity contribution is 5.44. The third-order valence-electron chi connectivity index (χ3n) is 0.250. The van der Waals surface area contributed by atoms with E-state index in [1.165, 1.54) is 0 Å². The number of ether oxygens (including phenoxy) is 1. The maximum absolute atomic E-state index is 7.59. The fraction of sp³-hybridized carbons (Fsp3) is 0.667. The van der Waals surface area contributed by atoms with Gasteiger partial charge in [0.2, 0.25) is 0 Å². The molecule has 0 spiro atoms. The van der Waals surface area contributed by atoms with Crippen LogP contribution in [-0.4, -0.2) is 18.2 Å². The lowest BCUT2D eigenvalue weighted by atomic mass is 10.9. The maximum Gasteiger partial charge on any atom is 0.316 e. The van der Waals surface area contributed by atoms with Crippen molar-refractivity contribution in [2.75, 3.05) is 6.61 Å². The van der Waals surface area contributed by atoms with Crippen molar-refractivity contribution in [3.8, 4) is 0 Å². The summed E-state index contributed by atoms with van der Waals surface area (Å²) in [5.41, 5.74) is 0. The molecule has 0 saturated heterocycles. The van der Waals surface area contributed by atoms with Gasteiger partial charge >= 0.3 is 6.40 Å². The quantitative estimate of drug-likeness (QED) is 0.228. The number of nitrogens with zero attached hydrogens (tertiary/aromatic N) is 1. The molecule has 0 unspecified atom stereocenters. The van der Waals surface area contributed by atoms with Gasteiger partial charge in [0.15, 0.2) is 0 Å². The molecule has 0 aromatic rings. The Morgan fingerprint density at radius 1 is 2.00 bits per heavy atom. The van der Waals surface area contributed by atoms with Gasteiger partial charge in [0.25, 0.3) is 0 Å². The van der Waals surface area contributed by atoms with E-state index >= 15 is 0 Å². The molecule has 0 aliphatic heterocycles. The first-order valence-electron chi connectivity index (χ1n) is 1.62. The van der Waals surface area contributed by atoms with Crippen molar-refractivity contribution in [3.05, 3.63) is 0 Å². The highest BCUT2D eigenvalue weighted by Gasteiger charge is 1.65. The zero-order valence-electron chi connectivity index (χ0n) is 3.51. The summed E-state index contributed by atoms with van der Waals surface area (Å²) in [6, 6.07) is 0.